The van der Waals surface area contributed by atoms with Crippen molar-refractivity contribution in [3.05, 3.63) is 0 Å². The predicted octanol–water partition coefficient (Wildman–Crippen LogP) is 1.54. The molecular formula is C12H22N2O3. The molecule has 0 aromatic carbocycles. The average Bonchev–Trinajstić information content (AvgIpc) is 2.35. The number of carbonyl (C=O) groups is 2. The molecule has 5 nitrogen and oxygen atoms in total. The summed E-state index contributed by atoms with van der Waals surface area (Å²) in [4.78, 5) is 24.2. The summed E-state index contributed by atoms with van der Waals surface area (Å²) in [7, 11) is 1.73. The highest BCUT2D eigenvalue weighted by Gasteiger charge is 2.30. The molecule has 0 aliphatic heterocycles. The number of nitrogens with one attached hydrogen (secondary N) is 1. The normalized spacial score (nSPS) is 24.1. The molecule has 1 aliphatic rings. The van der Waals surface area contributed by atoms with Crippen LogP contribution in [0.2, 0.25) is 0 Å². The van der Waals surface area contributed by atoms with Crippen molar-refractivity contribution in [3.63, 3.8) is 0 Å². The van der Waals surface area contributed by atoms with Gasteiger partial charge in [-0.1, -0.05) is 12.8 Å². The van der Waals surface area contributed by atoms with Crippen molar-refractivity contribution in [3.8, 4) is 0 Å². The number of amides is 2. The van der Waals surface area contributed by atoms with Crippen molar-refractivity contribution in [2.75, 3.05) is 20.1 Å². The van der Waals surface area contributed by atoms with Gasteiger partial charge >= 0.3 is 12.0 Å². The molecule has 1 saturated carbocycles. The van der Waals surface area contributed by atoms with Crippen LogP contribution in [-0.4, -0.2) is 42.1 Å². The van der Waals surface area contributed by atoms with Gasteiger partial charge in [0.25, 0.3) is 0 Å². The van der Waals surface area contributed by atoms with Crippen LogP contribution in [0.4, 0.5) is 4.79 Å². The van der Waals surface area contributed by atoms with Gasteiger partial charge in [-0.2, -0.15) is 0 Å². The lowest BCUT2D eigenvalue weighted by Crippen LogP contribution is -2.42. The molecule has 2 unspecified atom stereocenters. The summed E-state index contributed by atoms with van der Waals surface area (Å²) in [5.74, 6) is -0.945. The minimum absolute atomic E-state index is 0.0791. The molecule has 17 heavy (non-hydrogen) atoms. The van der Waals surface area contributed by atoms with Gasteiger partial charge < -0.3 is 15.3 Å². The first-order valence-electron chi connectivity index (χ1n) is 6.28. The number of hydrogen-bond donors (Lipinski definition) is 2. The molecule has 1 fully saturated rings. The highest BCUT2D eigenvalue weighted by molar-refractivity contribution is 5.74. The van der Waals surface area contributed by atoms with Gasteiger partial charge in [-0.25, -0.2) is 4.79 Å². The SMILES string of the molecule is CCN(C)C(=O)NCC1CCCCC1C(=O)O. The fourth-order valence-electron chi connectivity index (χ4n) is 2.27. The fraction of sp³-hybridized carbons (Fsp3) is 0.833. The van der Waals surface area contributed by atoms with Crippen LogP contribution in [0, 0.1) is 11.8 Å². The molecule has 0 saturated heterocycles. The largest absolute Gasteiger partial charge is 0.481 e. The third-order valence-corrected chi connectivity index (χ3v) is 3.56. The molecule has 1 rings (SSSR count). The first-order valence-corrected chi connectivity index (χ1v) is 6.28. The van der Waals surface area contributed by atoms with Crippen LogP contribution in [0.5, 0.6) is 0 Å². The van der Waals surface area contributed by atoms with Gasteiger partial charge in [-0.05, 0) is 25.7 Å². The Morgan fingerprint density at radius 3 is 2.59 bits per heavy atom. The number of rotatable bonds is 4. The maximum atomic E-state index is 11.6. The van der Waals surface area contributed by atoms with Crippen molar-refractivity contribution >= 4 is 12.0 Å². The fourth-order valence-corrected chi connectivity index (χ4v) is 2.27. The van der Waals surface area contributed by atoms with Crippen LogP contribution in [0.25, 0.3) is 0 Å². The standard InChI is InChI=1S/C12H22N2O3/c1-3-14(2)12(17)13-8-9-6-4-5-7-10(9)11(15)16/h9-10H,3-8H2,1-2H3,(H,13,17)(H,15,16). The van der Waals surface area contributed by atoms with E-state index in [0.29, 0.717) is 13.1 Å². The smallest absolute Gasteiger partial charge is 0.317 e. The molecule has 98 valence electrons. The highest BCUT2D eigenvalue weighted by atomic mass is 16.4. The second-order valence-corrected chi connectivity index (χ2v) is 4.69. The number of carboxylic acid groups (broad SMARTS) is 1. The van der Waals surface area contributed by atoms with Crippen molar-refractivity contribution in [2.45, 2.75) is 32.6 Å². The molecule has 0 aromatic heterocycles. The topological polar surface area (TPSA) is 69.6 Å². The summed E-state index contributed by atoms with van der Waals surface area (Å²) in [5.41, 5.74) is 0. The summed E-state index contributed by atoms with van der Waals surface area (Å²) >= 11 is 0. The number of aliphatic carboxylic acids is 1. The van der Waals surface area contributed by atoms with Gasteiger partial charge in [-0.3, -0.25) is 4.79 Å². The van der Waals surface area contributed by atoms with Crippen LogP contribution in [0.1, 0.15) is 32.6 Å². The highest BCUT2D eigenvalue weighted by Crippen LogP contribution is 2.29. The maximum absolute atomic E-state index is 11.6. The average molecular weight is 242 g/mol. The Labute approximate surface area is 102 Å². The molecule has 2 atom stereocenters. The summed E-state index contributed by atoms with van der Waals surface area (Å²) in [5, 5.41) is 11.9. The zero-order valence-electron chi connectivity index (χ0n) is 10.6. The van der Waals surface area contributed by atoms with E-state index in [-0.39, 0.29) is 17.9 Å². The zero-order valence-corrected chi connectivity index (χ0v) is 10.6. The van der Waals surface area contributed by atoms with E-state index in [1.165, 1.54) is 0 Å². The first kappa shape index (κ1) is 13.8. The lowest BCUT2D eigenvalue weighted by molar-refractivity contribution is -0.144. The number of carbonyl (C=O) groups excluding carboxylic acids is 1. The van der Waals surface area contributed by atoms with Crippen LogP contribution < -0.4 is 5.32 Å². The van der Waals surface area contributed by atoms with Gasteiger partial charge in [0.1, 0.15) is 0 Å². The number of hydrogen-bond acceptors (Lipinski definition) is 2. The molecular weight excluding hydrogens is 220 g/mol. The Hall–Kier alpha value is -1.26. The van der Waals surface area contributed by atoms with E-state index in [4.69, 9.17) is 5.11 Å². The molecule has 2 amide bonds. The lowest BCUT2D eigenvalue weighted by atomic mass is 9.79. The summed E-state index contributed by atoms with van der Waals surface area (Å²) < 4.78 is 0. The third kappa shape index (κ3) is 3.91. The van der Waals surface area contributed by atoms with E-state index >= 15 is 0 Å². The number of carboxylic acids is 1. The minimum Gasteiger partial charge on any atom is -0.481 e. The van der Waals surface area contributed by atoms with E-state index in [0.717, 1.165) is 25.7 Å². The molecule has 0 bridgehead atoms. The molecule has 0 aromatic rings. The van der Waals surface area contributed by atoms with Crippen LogP contribution in [0.15, 0.2) is 0 Å². The number of nitrogens with zero attached hydrogens (tertiary/aromatic N) is 1. The quantitative estimate of drug-likeness (QED) is 0.785. The van der Waals surface area contributed by atoms with E-state index in [1.807, 2.05) is 6.92 Å². The minimum atomic E-state index is -0.729. The summed E-state index contributed by atoms with van der Waals surface area (Å²) in [6.45, 7) is 3.03. The second kappa shape index (κ2) is 6.47. The third-order valence-electron chi connectivity index (χ3n) is 3.56. The maximum Gasteiger partial charge on any atom is 0.317 e. The van der Waals surface area contributed by atoms with E-state index in [1.54, 1.807) is 11.9 Å². The van der Waals surface area contributed by atoms with Gasteiger partial charge in [-0.15, -0.1) is 0 Å². The van der Waals surface area contributed by atoms with Gasteiger partial charge in [0.05, 0.1) is 5.92 Å². The Morgan fingerprint density at radius 1 is 1.35 bits per heavy atom. The van der Waals surface area contributed by atoms with E-state index in [2.05, 4.69) is 5.32 Å². The molecule has 0 spiro atoms. The summed E-state index contributed by atoms with van der Waals surface area (Å²) in [6.07, 6.45) is 3.68. The first-order chi connectivity index (χ1) is 8.06. The molecule has 2 N–H and O–H groups in total. The molecule has 1 aliphatic carbocycles. The van der Waals surface area contributed by atoms with E-state index in [9.17, 15) is 9.59 Å². The molecule has 0 radical (unpaired) electrons. The number of urea groups is 1. The Kier molecular flexibility index (Phi) is 5.25. The van der Waals surface area contributed by atoms with Gasteiger partial charge in [0, 0.05) is 20.1 Å². The Morgan fingerprint density at radius 2 is 2.00 bits per heavy atom. The Bertz CT molecular complexity index is 281. The summed E-state index contributed by atoms with van der Waals surface area (Å²) in [6, 6.07) is -0.123. The molecule has 0 heterocycles. The van der Waals surface area contributed by atoms with Crippen LogP contribution in [0.3, 0.4) is 0 Å². The van der Waals surface area contributed by atoms with Crippen LogP contribution in [-0.2, 0) is 4.79 Å². The second-order valence-electron chi connectivity index (χ2n) is 4.69. The van der Waals surface area contributed by atoms with Gasteiger partial charge in [0.2, 0.25) is 0 Å². The predicted molar refractivity (Wildman–Crippen MR) is 64.8 cm³/mol. The monoisotopic (exact) mass is 242 g/mol. The lowest BCUT2D eigenvalue weighted by Gasteiger charge is -2.29. The van der Waals surface area contributed by atoms with Crippen molar-refractivity contribution in [1.82, 2.24) is 10.2 Å². The molecule has 5 heteroatoms. The van der Waals surface area contributed by atoms with Crippen molar-refractivity contribution < 1.29 is 14.7 Å². The van der Waals surface area contributed by atoms with Crippen molar-refractivity contribution in [1.29, 1.82) is 0 Å². The van der Waals surface area contributed by atoms with Crippen molar-refractivity contribution in [2.24, 2.45) is 11.8 Å². The Balaban J connectivity index is 2.43. The van der Waals surface area contributed by atoms with Crippen LogP contribution >= 0.6 is 0 Å². The zero-order chi connectivity index (χ0) is 12.8. The van der Waals surface area contributed by atoms with E-state index < -0.39 is 5.97 Å². The van der Waals surface area contributed by atoms with Gasteiger partial charge in [0.15, 0.2) is 0 Å².